The van der Waals surface area contributed by atoms with Crippen molar-refractivity contribution >= 4 is 11.9 Å². The molecule has 2 aromatic rings. The molecule has 0 aliphatic heterocycles. The second kappa shape index (κ2) is 6.93. The third kappa shape index (κ3) is 3.32. The van der Waals surface area contributed by atoms with Crippen LogP contribution in [-0.2, 0) is 10.3 Å². The van der Waals surface area contributed by atoms with Crippen LogP contribution in [0.15, 0.2) is 54.6 Å². The first-order valence-corrected chi connectivity index (χ1v) is 6.90. The van der Waals surface area contributed by atoms with Crippen LogP contribution in [0.2, 0.25) is 0 Å². The van der Waals surface area contributed by atoms with Gasteiger partial charge in [-0.3, -0.25) is 4.79 Å². The Morgan fingerprint density at radius 2 is 1.70 bits per heavy atom. The van der Waals surface area contributed by atoms with Crippen LogP contribution in [0.25, 0.3) is 0 Å². The summed E-state index contributed by atoms with van der Waals surface area (Å²) in [5.41, 5.74) is -1.38. The van der Waals surface area contributed by atoms with Gasteiger partial charge in [-0.25, -0.2) is 4.79 Å². The summed E-state index contributed by atoms with van der Waals surface area (Å²) in [6.45, 7) is -0.784. The number of hydrogen-bond donors (Lipinski definition) is 3. The van der Waals surface area contributed by atoms with E-state index in [2.05, 4.69) is 5.32 Å². The number of carboxylic acids is 1. The van der Waals surface area contributed by atoms with Crippen LogP contribution in [0.3, 0.4) is 0 Å². The number of carboxylic acid groups (broad SMARTS) is 1. The number of rotatable bonds is 6. The maximum atomic E-state index is 12.3. The van der Waals surface area contributed by atoms with Crippen molar-refractivity contribution in [2.75, 3.05) is 13.7 Å². The highest BCUT2D eigenvalue weighted by Gasteiger charge is 2.41. The van der Waals surface area contributed by atoms with E-state index in [4.69, 9.17) is 4.74 Å². The van der Waals surface area contributed by atoms with Gasteiger partial charge in [0.05, 0.1) is 13.7 Å². The fraction of sp³-hybridized carbons (Fsp3) is 0.176. The van der Waals surface area contributed by atoms with E-state index in [-0.39, 0.29) is 5.56 Å². The van der Waals surface area contributed by atoms with Crippen molar-refractivity contribution in [2.24, 2.45) is 0 Å². The van der Waals surface area contributed by atoms with Gasteiger partial charge in [-0.2, -0.15) is 0 Å². The van der Waals surface area contributed by atoms with Gasteiger partial charge in [-0.15, -0.1) is 0 Å². The molecule has 0 saturated carbocycles. The second-order valence-corrected chi connectivity index (χ2v) is 4.92. The molecule has 1 amide bonds. The van der Waals surface area contributed by atoms with E-state index in [1.165, 1.54) is 19.2 Å². The van der Waals surface area contributed by atoms with E-state index in [1.54, 1.807) is 42.5 Å². The molecule has 1 atom stereocenters. The van der Waals surface area contributed by atoms with Gasteiger partial charge in [0, 0.05) is 5.56 Å². The minimum atomic E-state index is -1.93. The van der Waals surface area contributed by atoms with Gasteiger partial charge in [-0.1, -0.05) is 30.3 Å². The number of aliphatic carboxylic acids is 1. The highest BCUT2D eigenvalue weighted by Crippen LogP contribution is 2.24. The molecule has 0 saturated heterocycles. The van der Waals surface area contributed by atoms with Crippen molar-refractivity contribution in [1.29, 1.82) is 0 Å². The van der Waals surface area contributed by atoms with Gasteiger partial charge in [0.25, 0.3) is 5.91 Å². The maximum Gasteiger partial charge on any atom is 0.336 e. The molecule has 0 unspecified atom stereocenters. The molecule has 2 rings (SSSR count). The molecule has 0 aliphatic carbocycles. The first-order valence-electron chi connectivity index (χ1n) is 6.90. The Morgan fingerprint density at radius 1 is 1.09 bits per heavy atom. The molecule has 2 aromatic carbocycles. The quantitative estimate of drug-likeness (QED) is 0.749. The monoisotopic (exact) mass is 315 g/mol. The van der Waals surface area contributed by atoms with Crippen LogP contribution in [0.4, 0.5) is 0 Å². The lowest BCUT2D eigenvalue weighted by Crippen LogP contribution is -2.54. The molecule has 0 heterocycles. The average Bonchev–Trinajstić information content (AvgIpc) is 2.60. The number of methoxy groups -OCH3 is 1. The molecular formula is C17H17NO5. The topological polar surface area (TPSA) is 95.9 Å². The van der Waals surface area contributed by atoms with Crippen molar-refractivity contribution in [3.05, 3.63) is 65.7 Å². The summed E-state index contributed by atoms with van der Waals surface area (Å²) in [6.07, 6.45) is 0. The van der Waals surface area contributed by atoms with Gasteiger partial charge in [-0.05, 0) is 29.8 Å². The van der Waals surface area contributed by atoms with E-state index < -0.39 is 24.0 Å². The summed E-state index contributed by atoms with van der Waals surface area (Å²) < 4.78 is 5.03. The Bertz CT molecular complexity index is 684. The third-order valence-electron chi connectivity index (χ3n) is 3.55. The standard InChI is InChI=1S/C17H17NO5/c1-23-14-9-7-13(8-10-14)17(11-19,16(21)22)18-15(20)12-5-3-2-4-6-12/h2-10,19H,11H2,1H3,(H,18,20)(H,21,22)/t17-/m1/s1. The minimum absolute atomic E-state index is 0.248. The minimum Gasteiger partial charge on any atom is -0.497 e. The van der Waals surface area contributed by atoms with Crippen molar-refractivity contribution in [1.82, 2.24) is 5.32 Å². The molecule has 0 aliphatic rings. The molecule has 0 fully saturated rings. The highest BCUT2D eigenvalue weighted by atomic mass is 16.5. The molecule has 6 heteroatoms. The van der Waals surface area contributed by atoms with Crippen LogP contribution in [0.5, 0.6) is 5.75 Å². The number of ether oxygens (including phenoxy) is 1. The van der Waals surface area contributed by atoms with Crippen molar-refractivity contribution in [2.45, 2.75) is 5.54 Å². The number of nitrogens with one attached hydrogen (secondary N) is 1. The summed E-state index contributed by atoms with van der Waals surface area (Å²) in [5, 5.41) is 21.7. The predicted molar refractivity (Wildman–Crippen MR) is 83.3 cm³/mol. The number of aliphatic hydroxyl groups excluding tert-OH is 1. The van der Waals surface area contributed by atoms with Crippen LogP contribution in [0.1, 0.15) is 15.9 Å². The smallest absolute Gasteiger partial charge is 0.336 e. The summed E-state index contributed by atoms with van der Waals surface area (Å²) >= 11 is 0. The van der Waals surface area contributed by atoms with Gasteiger partial charge < -0.3 is 20.3 Å². The van der Waals surface area contributed by atoms with E-state index >= 15 is 0 Å². The fourth-order valence-electron chi connectivity index (χ4n) is 2.18. The average molecular weight is 315 g/mol. The molecule has 0 aromatic heterocycles. The van der Waals surface area contributed by atoms with E-state index in [0.29, 0.717) is 11.3 Å². The molecule has 0 spiro atoms. The summed E-state index contributed by atoms with van der Waals surface area (Å²) in [6, 6.07) is 14.3. The van der Waals surface area contributed by atoms with Gasteiger partial charge in [0.2, 0.25) is 0 Å². The number of carbonyl (C=O) groups is 2. The van der Waals surface area contributed by atoms with E-state index in [9.17, 15) is 19.8 Å². The third-order valence-corrected chi connectivity index (χ3v) is 3.55. The molecule has 0 radical (unpaired) electrons. The normalized spacial score (nSPS) is 13.0. The summed E-state index contributed by atoms with van der Waals surface area (Å²) in [4.78, 5) is 24.1. The number of hydrogen-bond acceptors (Lipinski definition) is 4. The van der Waals surface area contributed by atoms with Gasteiger partial charge in [0.15, 0.2) is 5.54 Å². The number of aliphatic hydroxyl groups is 1. The molecule has 0 bridgehead atoms. The molecule has 120 valence electrons. The Labute approximate surface area is 133 Å². The van der Waals surface area contributed by atoms with Gasteiger partial charge >= 0.3 is 5.97 Å². The van der Waals surface area contributed by atoms with Crippen LogP contribution in [0, 0.1) is 0 Å². The Balaban J connectivity index is 2.39. The number of benzene rings is 2. The predicted octanol–water partition coefficient (Wildman–Crippen LogP) is 1.40. The summed E-state index contributed by atoms with van der Waals surface area (Å²) in [5.74, 6) is -1.40. The zero-order valence-corrected chi connectivity index (χ0v) is 12.5. The van der Waals surface area contributed by atoms with Crippen LogP contribution >= 0.6 is 0 Å². The zero-order chi connectivity index (χ0) is 16.9. The SMILES string of the molecule is COc1ccc([C@@](CO)(NC(=O)c2ccccc2)C(=O)O)cc1. The van der Waals surface area contributed by atoms with E-state index in [1.807, 2.05) is 0 Å². The Morgan fingerprint density at radius 3 is 2.17 bits per heavy atom. The molecule has 3 N–H and O–H groups in total. The first kappa shape index (κ1) is 16.5. The lowest BCUT2D eigenvalue weighted by Gasteiger charge is -2.29. The summed E-state index contributed by atoms with van der Waals surface area (Å²) in [7, 11) is 1.49. The van der Waals surface area contributed by atoms with Gasteiger partial charge in [0.1, 0.15) is 5.75 Å². The highest BCUT2D eigenvalue weighted by molar-refractivity contribution is 5.98. The van der Waals surface area contributed by atoms with Crippen molar-refractivity contribution < 1.29 is 24.5 Å². The largest absolute Gasteiger partial charge is 0.497 e. The van der Waals surface area contributed by atoms with Crippen molar-refractivity contribution in [3.63, 3.8) is 0 Å². The fourth-order valence-corrected chi connectivity index (χ4v) is 2.18. The lowest BCUT2D eigenvalue weighted by atomic mass is 9.90. The molecule has 6 nitrogen and oxygen atoms in total. The molecule has 23 heavy (non-hydrogen) atoms. The zero-order valence-electron chi connectivity index (χ0n) is 12.5. The van der Waals surface area contributed by atoms with E-state index in [0.717, 1.165) is 0 Å². The number of carbonyl (C=O) groups excluding carboxylic acids is 1. The second-order valence-electron chi connectivity index (χ2n) is 4.92. The molecular weight excluding hydrogens is 298 g/mol. The van der Waals surface area contributed by atoms with Crippen molar-refractivity contribution in [3.8, 4) is 5.75 Å². The number of amides is 1. The van der Waals surface area contributed by atoms with Crippen LogP contribution in [-0.4, -0.2) is 35.8 Å². The Hall–Kier alpha value is -2.86. The first-order chi connectivity index (χ1) is 11.0. The van der Waals surface area contributed by atoms with Crippen LogP contribution < -0.4 is 10.1 Å². The Kier molecular flexibility index (Phi) is 4.98. The maximum absolute atomic E-state index is 12.3. The lowest BCUT2D eigenvalue weighted by molar-refractivity contribution is -0.146.